The number of nitrogen functional groups attached to an aromatic ring is 2. The van der Waals surface area contributed by atoms with Crippen molar-refractivity contribution < 1.29 is 43.7 Å². The number of hydrogen-bond donors (Lipinski definition) is 6. The van der Waals surface area contributed by atoms with E-state index in [-0.39, 0.29) is 46.8 Å². The van der Waals surface area contributed by atoms with Gasteiger partial charge in [0.1, 0.15) is 11.4 Å². The van der Waals surface area contributed by atoms with Crippen molar-refractivity contribution in [1.82, 2.24) is 29.2 Å². The highest BCUT2D eigenvalue weighted by atomic mass is 32.2. The van der Waals surface area contributed by atoms with E-state index in [4.69, 9.17) is 22.0 Å². The zero-order valence-corrected chi connectivity index (χ0v) is 27.0. The molecule has 0 radical (unpaired) electrons. The maximum absolute atomic E-state index is 13.3. The Hall–Kier alpha value is -4.96. The van der Waals surface area contributed by atoms with Gasteiger partial charge in [0.2, 0.25) is 23.3 Å². The maximum Gasteiger partial charge on any atom is 0.350 e. The summed E-state index contributed by atoms with van der Waals surface area (Å²) in [7, 11) is 1.63. The Labute approximate surface area is 274 Å². The van der Waals surface area contributed by atoms with Gasteiger partial charge in [-0.05, 0) is 20.3 Å². The van der Waals surface area contributed by atoms with E-state index in [2.05, 4.69) is 25.1 Å². The molecule has 0 aromatic carbocycles. The summed E-state index contributed by atoms with van der Waals surface area (Å²) in [6.07, 6.45) is 2.23. The molecule has 2 saturated heterocycles. The smallest absolute Gasteiger partial charge is 0.350 e. The number of urea groups is 1. The molecule has 5 heterocycles. The van der Waals surface area contributed by atoms with Gasteiger partial charge in [0.15, 0.2) is 23.2 Å². The van der Waals surface area contributed by atoms with Crippen molar-refractivity contribution in [3.05, 3.63) is 23.3 Å². The number of fused-ring (bicyclic) bond motifs is 1. The van der Waals surface area contributed by atoms with Crippen LogP contribution in [0.1, 0.15) is 26.1 Å². The maximum atomic E-state index is 13.3. The van der Waals surface area contributed by atoms with Gasteiger partial charge in [0.25, 0.3) is 11.8 Å². The molecule has 0 unspecified atom stereocenters. The van der Waals surface area contributed by atoms with Crippen LogP contribution in [0.25, 0.3) is 0 Å². The van der Waals surface area contributed by atoms with Gasteiger partial charge in [0.05, 0.1) is 18.7 Å². The molecule has 20 nitrogen and oxygen atoms in total. The van der Waals surface area contributed by atoms with Crippen LogP contribution in [0.15, 0.2) is 22.6 Å². The summed E-state index contributed by atoms with van der Waals surface area (Å²) in [6.45, 7) is 3.31. The van der Waals surface area contributed by atoms with Crippen LogP contribution in [-0.4, -0.2) is 106 Å². The van der Waals surface area contributed by atoms with Crippen LogP contribution in [0.2, 0.25) is 0 Å². The van der Waals surface area contributed by atoms with Gasteiger partial charge < -0.3 is 47.3 Å². The van der Waals surface area contributed by atoms with E-state index in [9.17, 15) is 34.2 Å². The van der Waals surface area contributed by atoms with Gasteiger partial charge in [-0.2, -0.15) is 9.36 Å². The van der Waals surface area contributed by atoms with Crippen LogP contribution in [0.4, 0.5) is 21.4 Å². The standard InChI is InChI=1S/C25H32N12O8S2/c1-25(2,22(42)43)45-32-13(17-31-23(28)47-33-17)18(38)30-14-19(39)37-15(21(40)41)10(9-46-20(14)37)6-36-8-12(16(27)34(36)3)29-24(44)35-5-4-11(26)7-35/h8,11,14,20,27H,4-7,9,26H2,1-3H3,(H6,28,29,30,31,33,38,40,41,42,43,44)/b32-13-/t11-,14-,20-/m1/s1. The molecule has 3 aliphatic rings. The number of amides is 4. The largest absolute Gasteiger partial charge is 0.543 e. The predicted molar refractivity (Wildman–Crippen MR) is 164 cm³/mol. The highest BCUT2D eigenvalue weighted by Gasteiger charge is 2.53. The molecule has 2 aromatic heterocycles. The summed E-state index contributed by atoms with van der Waals surface area (Å²) in [5.74, 6) is -4.59. The minimum atomic E-state index is -1.82. The summed E-state index contributed by atoms with van der Waals surface area (Å²) in [5, 5.41) is 29.8. The molecule has 0 saturated carbocycles. The number of nitrogens with one attached hydrogen (secondary N) is 2. The first-order valence-electron chi connectivity index (χ1n) is 14.0. The number of anilines is 3. The van der Waals surface area contributed by atoms with Crippen molar-refractivity contribution in [3.8, 4) is 0 Å². The predicted octanol–water partition coefficient (Wildman–Crippen LogP) is -3.42. The Bertz CT molecular complexity index is 1720. The van der Waals surface area contributed by atoms with Crippen LogP contribution < -0.4 is 37.6 Å². The second-order valence-electron chi connectivity index (χ2n) is 11.4. The third kappa shape index (κ3) is 6.51. The Balaban J connectivity index is 1.33. The average Bonchev–Trinajstić information content (AvgIpc) is 3.71. The molecule has 0 spiro atoms. The molecule has 3 aliphatic heterocycles. The van der Waals surface area contributed by atoms with E-state index in [0.717, 1.165) is 16.4 Å². The number of β-lactam (4-membered cyclic amide) rings is 1. The number of hydrogen-bond acceptors (Lipinski definition) is 15. The summed E-state index contributed by atoms with van der Waals surface area (Å²) in [4.78, 5) is 74.6. The van der Waals surface area contributed by atoms with Crippen molar-refractivity contribution in [2.24, 2.45) is 17.9 Å². The number of aromatic nitrogens is 4. The van der Waals surface area contributed by atoms with Crippen LogP contribution >= 0.6 is 23.3 Å². The van der Waals surface area contributed by atoms with Crippen LogP contribution in [0, 0.1) is 0 Å². The second kappa shape index (κ2) is 12.7. The fourth-order valence-electron chi connectivity index (χ4n) is 4.94. The van der Waals surface area contributed by atoms with E-state index in [1.165, 1.54) is 30.3 Å². The fourth-order valence-corrected chi connectivity index (χ4v) is 6.71. The number of likely N-dealkylation sites (tertiary alicyclic amines) is 1. The Morgan fingerprint density at radius 3 is 2.62 bits per heavy atom. The average molecular weight is 693 g/mol. The molecular weight excluding hydrogens is 660 g/mol. The Kier molecular flexibility index (Phi) is 9.01. The lowest BCUT2D eigenvalue weighted by atomic mass is 10.0. The zero-order valence-electron chi connectivity index (χ0n) is 25.3. The van der Waals surface area contributed by atoms with Crippen LogP contribution in [0.5, 0.6) is 0 Å². The van der Waals surface area contributed by atoms with Crippen molar-refractivity contribution >= 4 is 75.4 Å². The number of nitrogens with zero attached hydrogens (tertiary/aromatic N) is 7. The molecule has 9 N–H and O–H groups in total. The van der Waals surface area contributed by atoms with E-state index in [1.807, 2.05) is 0 Å². The number of aliphatic carboxylic acids is 2. The van der Waals surface area contributed by atoms with Gasteiger partial charge >= 0.3 is 12.0 Å². The number of carboxylic acids is 2. The number of carbonyl (C=O) groups is 5. The molecular formula is C25H32N12O8S2. The van der Waals surface area contributed by atoms with E-state index in [1.54, 1.807) is 22.8 Å². The highest BCUT2D eigenvalue weighted by Crippen LogP contribution is 2.40. The summed E-state index contributed by atoms with van der Waals surface area (Å²) >= 11 is 1.95. The molecule has 47 heavy (non-hydrogen) atoms. The summed E-state index contributed by atoms with van der Waals surface area (Å²) < 4.78 is 7.03. The quantitative estimate of drug-likeness (QED) is 0.0612. The normalized spacial score (nSPS) is 21.3. The zero-order chi connectivity index (χ0) is 34.4. The third-order valence-electron chi connectivity index (χ3n) is 7.67. The molecule has 22 heteroatoms. The van der Waals surface area contributed by atoms with Crippen molar-refractivity contribution in [2.75, 3.05) is 35.6 Å². The molecule has 3 atom stereocenters. The Morgan fingerprint density at radius 1 is 1.30 bits per heavy atom. The minimum Gasteiger partial charge on any atom is -0.543 e. The van der Waals surface area contributed by atoms with Gasteiger partial charge in [-0.3, -0.25) is 19.8 Å². The van der Waals surface area contributed by atoms with E-state index in [0.29, 0.717) is 30.8 Å². The number of thioether (sulfide) groups is 1. The first-order chi connectivity index (χ1) is 22.1. The molecule has 5 rings (SSSR count). The summed E-state index contributed by atoms with van der Waals surface area (Å²) in [6, 6.07) is -1.66. The molecule has 2 aromatic rings. The SMILES string of the molecule is Cn1c(N)c(NC(=O)N2CC[C@@H](N)C2)c[n+]1CC1=C(C(=O)[O-])N2C(=O)[C@@H](NC(=O)/C(=N\OC(C)(C)C(=O)O)c3nsc(N)n3)[C@H]2SC1. The lowest BCUT2D eigenvalue weighted by Gasteiger charge is -2.50. The molecule has 2 fully saturated rings. The lowest BCUT2D eigenvalue weighted by molar-refractivity contribution is -0.765. The molecule has 0 aliphatic carbocycles. The molecule has 4 amide bonds. The van der Waals surface area contributed by atoms with Gasteiger partial charge in [-0.1, -0.05) is 5.16 Å². The number of nitrogens with two attached hydrogens (primary N) is 3. The van der Waals surface area contributed by atoms with E-state index < -0.39 is 46.5 Å². The third-order valence-corrected chi connectivity index (χ3v) is 9.55. The Morgan fingerprint density at radius 2 is 2.02 bits per heavy atom. The first-order valence-corrected chi connectivity index (χ1v) is 15.9. The highest BCUT2D eigenvalue weighted by molar-refractivity contribution is 8.00. The van der Waals surface area contributed by atoms with Crippen LogP contribution in [0.3, 0.4) is 0 Å². The molecule has 0 bridgehead atoms. The van der Waals surface area contributed by atoms with Gasteiger partial charge in [-0.25, -0.2) is 9.59 Å². The van der Waals surface area contributed by atoms with Crippen molar-refractivity contribution in [1.29, 1.82) is 0 Å². The molecule has 252 valence electrons. The van der Waals surface area contributed by atoms with Crippen LogP contribution in [-0.2, 0) is 37.6 Å². The van der Waals surface area contributed by atoms with Crippen molar-refractivity contribution in [3.63, 3.8) is 0 Å². The monoisotopic (exact) mass is 692 g/mol. The second-order valence-corrected chi connectivity index (χ2v) is 13.3. The fraction of sp³-hybridized carbons (Fsp3) is 0.480. The van der Waals surface area contributed by atoms with Crippen molar-refractivity contribution in [2.45, 2.75) is 49.9 Å². The van der Waals surface area contributed by atoms with E-state index >= 15 is 0 Å². The number of rotatable bonds is 10. The lowest BCUT2D eigenvalue weighted by Crippen LogP contribution is -2.71. The van der Waals surface area contributed by atoms with Gasteiger partial charge in [0, 0.05) is 42.0 Å². The number of carboxylic acid groups (broad SMARTS) is 2. The first kappa shape index (κ1) is 33.4. The number of carbonyl (C=O) groups excluding carboxylic acids is 4. The topological polar surface area (TPSA) is 293 Å². The minimum absolute atomic E-state index is 0.00771. The summed E-state index contributed by atoms with van der Waals surface area (Å²) in [5.41, 5.74) is 15.7. The number of oxime groups is 1. The van der Waals surface area contributed by atoms with Gasteiger partial charge in [-0.15, -0.1) is 21.1 Å².